The van der Waals surface area contributed by atoms with Gasteiger partial charge in [0.2, 0.25) is 0 Å². The molecule has 260 valence electrons. The second-order valence-electron chi connectivity index (χ2n) is 15.3. The number of benzene rings is 4. The maximum absolute atomic E-state index is 6.76. The summed E-state index contributed by atoms with van der Waals surface area (Å²) in [6.07, 6.45) is 8.19. The van der Waals surface area contributed by atoms with Crippen molar-refractivity contribution < 1.29 is 4.74 Å². The van der Waals surface area contributed by atoms with Gasteiger partial charge in [-0.3, -0.25) is 4.57 Å². The molecule has 7 rings (SSSR count). The minimum absolute atomic E-state index is 0.401. The van der Waals surface area contributed by atoms with E-state index in [1.807, 2.05) is 23.1 Å². The largest absolute Gasteiger partial charge is 0.457 e. The molecule has 51 heavy (non-hydrogen) atoms. The third-order valence-electron chi connectivity index (χ3n) is 10.1. The smallest absolute Gasteiger partial charge is 0.137 e. The molecule has 0 bridgehead atoms. The molecule has 5 nitrogen and oxygen atoms in total. The van der Waals surface area contributed by atoms with Gasteiger partial charge in [0, 0.05) is 40.9 Å². The summed E-state index contributed by atoms with van der Waals surface area (Å²) in [5.41, 5.74) is 13.6. The fourth-order valence-electron chi connectivity index (χ4n) is 7.89. The minimum atomic E-state index is 0.401. The number of aromatic nitrogens is 4. The Morgan fingerprint density at radius 2 is 1.43 bits per heavy atom. The third kappa shape index (κ3) is 6.70. The van der Waals surface area contributed by atoms with Crippen molar-refractivity contribution in [3.63, 3.8) is 0 Å². The predicted molar refractivity (Wildman–Crippen MR) is 213 cm³/mol. The number of aryl methyl sites for hydroxylation is 4. The van der Waals surface area contributed by atoms with Gasteiger partial charge in [-0.05, 0) is 133 Å². The summed E-state index contributed by atoms with van der Waals surface area (Å²) in [5, 5.41) is 7.34. The summed E-state index contributed by atoms with van der Waals surface area (Å²) in [6.45, 7) is 20.3. The lowest BCUT2D eigenvalue weighted by atomic mass is 9.81. The zero-order valence-corrected chi connectivity index (χ0v) is 31.6. The van der Waals surface area contributed by atoms with Gasteiger partial charge < -0.3 is 4.74 Å². The monoisotopic (exact) mass is 674 g/mol. The second kappa shape index (κ2) is 13.9. The Kier molecular flexibility index (Phi) is 9.32. The number of para-hydroxylation sites is 1. The molecule has 0 unspecified atom stereocenters. The van der Waals surface area contributed by atoms with Crippen LogP contribution in [0.4, 0.5) is 0 Å². The van der Waals surface area contributed by atoms with Gasteiger partial charge in [-0.25, -0.2) is 9.67 Å². The molecule has 7 aromatic rings. The quantitative estimate of drug-likeness (QED) is 0.145. The van der Waals surface area contributed by atoms with Crippen LogP contribution in [0.2, 0.25) is 0 Å². The molecule has 0 atom stereocenters. The van der Waals surface area contributed by atoms with E-state index in [0.717, 1.165) is 52.4 Å². The Balaban J connectivity index is 1.32. The van der Waals surface area contributed by atoms with Gasteiger partial charge in [-0.2, -0.15) is 5.10 Å². The average molecular weight is 675 g/mol. The predicted octanol–water partition coefficient (Wildman–Crippen LogP) is 12.6. The molecule has 0 aliphatic carbocycles. The zero-order valence-electron chi connectivity index (χ0n) is 31.6. The Morgan fingerprint density at radius 3 is 2.14 bits per heavy atom. The van der Waals surface area contributed by atoms with Crippen molar-refractivity contribution in [2.75, 3.05) is 0 Å². The molecule has 0 saturated heterocycles. The molecular formula is C46H50N4O. The Bertz CT molecular complexity index is 2340. The van der Waals surface area contributed by atoms with Crippen molar-refractivity contribution in [3.05, 3.63) is 131 Å². The average Bonchev–Trinajstić information content (AvgIpc) is 3.70. The van der Waals surface area contributed by atoms with Crippen LogP contribution in [-0.4, -0.2) is 19.3 Å². The maximum Gasteiger partial charge on any atom is 0.137 e. The van der Waals surface area contributed by atoms with Crippen LogP contribution >= 0.6 is 0 Å². The van der Waals surface area contributed by atoms with E-state index in [1.54, 1.807) is 0 Å². The van der Waals surface area contributed by atoms with Crippen LogP contribution in [-0.2, 0) is 6.42 Å². The first kappa shape index (κ1) is 34.3. The van der Waals surface area contributed by atoms with Crippen molar-refractivity contribution in [1.29, 1.82) is 0 Å². The SMILES string of the molecule is Cc1ccnc(-n2c3ccccc3c3ccc(Oc4cc(CCC(C)C)cc(-n5cc(-c6c(C(C)C)c(C)cc(C)c6C(C)C)cn5)c4)cc32)c1. The van der Waals surface area contributed by atoms with E-state index in [1.165, 1.54) is 49.7 Å². The highest BCUT2D eigenvalue weighted by Gasteiger charge is 2.22. The van der Waals surface area contributed by atoms with Crippen LogP contribution < -0.4 is 4.74 Å². The fraction of sp³-hybridized carbons (Fsp3) is 0.304. The van der Waals surface area contributed by atoms with Gasteiger partial charge >= 0.3 is 0 Å². The Labute approximate surface area is 302 Å². The number of hydrogen-bond acceptors (Lipinski definition) is 3. The second-order valence-corrected chi connectivity index (χ2v) is 15.3. The first-order valence-corrected chi connectivity index (χ1v) is 18.5. The lowest BCUT2D eigenvalue weighted by Crippen LogP contribution is -2.05. The van der Waals surface area contributed by atoms with Gasteiger partial charge in [0.05, 0.1) is 22.9 Å². The number of rotatable bonds is 10. The number of hydrogen-bond donors (Lipinski definition) is 0. The van der Waals surface area contributed by atoms with E-state index in [-0.39, 0.29) is 0 Å². The molecule has 0 amide bonds. The van der Waals surface area contributed by atoms with Crippen LogP contribution in [0.25, 0.3) is 44.4 Å². The number of nitrogens with zero attached hydrogens (tertiary/aromatic N) is 4. The van der Waals surface area contributed by atoms with Crippen LogP contribution in [0.15, 0.2) is 97.5 Å². The molecule has 0 N–H and O–H groups in total. The van der Waals surface area contributed by atoms with Crippen molar-refractivity contribution in [2.24, 2.45) is 5.92 Å². The van der Waals surface area contributed by atoms with E-state index < -0.39 is 0 Å². The van der Waals surface area contributed by atoms with Gasteiger partial charge in [-0.15, -0.1) is 0 Å². The van der Waals surface area contributed by atoms with Crippen molar-refractivity contribution >= 4 is 21.8 Å². The summed E-state index contributed by atoms with van der Waals surface area (Å²) in [7, 11) is 0. The first-order chi connectivity index (χ1) is 24.5. The highest BCUT2D eigenvalue weighted by molar-refractivity contribution is 6.09. The molecule has 4 aromatic carbocycles. The topological polar surface area (TPSA) is 44.9 Å². The van der Waals surface area contributed by atoms with E-state index in [2.05, 4.69) is 146 Å². The van der Waals surface area contributed by atoms with E-state index >= 15 is 0 Å². The normalized spacial score (nSPS) is 11.9. The minimum Gasteiger partial charge on any atom is -0.457 e. The van der Waals surface area contributed by atoms with Gasteiger partial charge in [-0.1, -0.05) is 65.8 Å². The van der Waals surface area contributed by atoms with Crippen LogP contribution in [0, 0.1) is 26.7 Å². The van der Waals surface area contributed by atoms with E-state index in [4.69, 9.17) is 14.8 Å². The first-order valence-electron chi connectivity index (χ1n) is 18.5. The van der Waals surface area contributed by atoms with Crippen molar-refractivity contribution in [2.45, 2.75) is 87.0 Å². The number of ether oxygens (including phenoxy) is 1. The van der Waals surface area contributed by atoms with E-state index in [0.29, 0.717) is 17.8 Å². The van der Waals surface area contributed by atoms with Crippen LogP contribution in [0.3, 0.4) is 0 Å². The molecule has 0 saturated carbocycles. The molecule has 3 aromatic heterocycles. The molecule has 3 heterocycles. The summed E-state index contributed by atoms with van der Waals surface area (Å²) >= 11 is 0. The van der Waals surface area contributed by atoms with Gasteiger partial charge in [0.1, 0.15) is 17.3 Å². The molecular weight excluding hydrogens is 625 g/mol. The lowest BCUT2D eigenvalue weighted by Gasteiger charge is -2.23. The molecule has 0 aliphatic heterocycles. The van der Waals surface area contributed by atoms with Gasteiger partial charge in [0.25, 0.3) is 0 Å². The van der Waals surface area contributed by atoms with Crippen molar-refractivity contribution in [1.82, 2.24) is 19.3 Å². The fourth-order valence-corrected chi connectivity index (χ4v) is 7.89. The summed E-state index contributed by atoms with van der Waals surface area (Å²) in [6, 6.07) is 28.0. The number of pyridine rings is 1. The lowest BCUT2D eigenvalue weighted by molar-refractivity contribution is 0.481. The Hall–Kier alpha value is -5.16. The maximum atomic E-state index is 6.76. The summed E-state index contributed by atoms with van der Waals surface area (Å²) in [5.74, 6) is 3.89. The standard InChI is InChI=1S/C46H50N4O/c1-28(2)14-15-34-22-36(49-27-35(26-48-49)46-44(29(3)4)32(8)21-33(9)45(46)30(5)6)24-38(23-34)51-37-16-17-40-39-12-10-11-13-41(39)50(42(40)25-37)43-20-31(7)18-19-47-43/h10-13,16-30H,14-15H2,1-9H3. The highest BCUT2D eigenvalue weighted by atomic mass is 16.5. The highest BCUT2D eigenvalue weighted by Crippen LogP contribution is 2.41. The number of fused-ring (bicyclic) bond motifs is 3. The molecule has 0 aliphatic rings. The van der Waals surface area contributed by atoms with Crippen LogP contribution in [0.1, 0.15) is 93.2 Å². The summed E-state index contributed by atoms with van der Waals surface area (Å²) < 4.78 is 11.0. The molecule has 5 heteroatoms. The summed E-state index contributed by atoms with van der Waals surface area (Å²) in [4.78, 5) is 4.76. The van der Waals surface area contributed by atoms with Crippen LogP contribution in [0.5, 0.6) is 11.5 Å². The van der Waals surface area contributed by atoms with Gasteiger partial charge in [0.15, 0.2) is 0 Å². The van der Waals surface area contributed by atoms with Crippen molar-refractivity contribution in [3.8, 4) is 34.1 Å². The Morgan fingerprint density at radius 1 is 0.706 bits per heavy atom. The molecule has 0 radical (unpaired) electrons. The molecule has 0 spiro atoms. The van der Waals surface area contributed by atoms with E-state index in [9.17, 15) is 0 Å². The zero-order chi connectivity index (χ0) is 36.0. The molecule has 0 fully saturated rings. The third-order valence-corrected chi connectivity index (χ3v) is 10.1.